The van der Waals surface area contributed by atoms with Gasteiger partial charge in [-0.3, -0.25) is 0 Å². The van der Waals surface area contributed by atoms with E-state index >= 15 is 0 Å². The van der Waals surface area contributed by atoms with Gasteiger partial charge in [-0.2, -0.15) is 8.78 Å². The summed E-state index contributed by atoms with van der Waals surface area (Å²) in [6.07, 6.45) is 14.2. The number of hydrogen-bond donors (Lipinski definition) is 0. The zero-order valence-corrected chi connectivity index (χ0v) is 16.5. The Kier molecular flexibility index (Phi) is 6.97. The van der Waals surface area contributed by atoms with Gasteiger partial charge in [-0.05, 0) is 73.6 Å². The molecular weight excluding hydrogens is 373 g/mol. The highest BCUT2D eigenvalue weighted by Gasteiger charge is 2.30. The molecule has 2 aromatic carbocycles. The van der Waals surface area contributed by atoms with Crippen molar-refractivity contribution < 1.29 is 17.9 Å². The van der Waals surface area contributed by atoms with Crippen LogP contribution in [0, 0.1) is 5.82 Å². The molecule has 1 aliphatic rings. The van der Waals surface area contributed by atoms with Crippen LogP contribution in [0.1, 0.15) is 43.7 Å². The lowest BCUT2D eigenvalue weighted by atomic mass is 9.70. The third kappa shape index (κ3) is 5.41. The van der Waals surface area contributed by atoms with Crippen LogP contribution in [0.4, 0.5) is 13.2 Å². The number of allylic oxidation sites excluding steroid dienone is 6. The average Bonchev–Trinajstić information content (AvgIpc) is 2.72. The van der Waals surface area contributed by atoms with Crippen LogP contribution >= 0.6 is 0 Å². The first-order chi connectivity index (χ1) is 14.0. The maximum absolute atomic E-state index is 13.6. The number of unbranched alkanes of at least 4 members (excludes halogenated alkanes) is 1. The van der Waals surface area contributed by atoms with E-state index in [1.54, 1.807) is 18.2 Å². The van der Waals surface area contributed by atoms with E-state index in [1.165, 1.54) is 12.1 Å². The molecule has 1 unspecified atom stereocenters. The van der Waals surface area contributed by atoms with Crippen LogP contribution in [-0.2, 0) is 5.41 Å². The lowest BCUT2D eigenvalue weighted by Crippen LogP contribution is -2.24. The smallest absolute Gasteiger partial charge is 0.387 e. The van der Waals surface area contributed by atoms with Gasteiger partial charge in [-0.15, -0.1) is 0 Å². The fraction of sp³-hybridized carbons (Fsp3) is 0.280. The molecule has 0 saturated heterocycles. The van der Waals surface area contributed by atoms with Crippen molar-refractivity contribution in [3.8, 4) is 5.75 Å². The Bertz CT molecular complexity index is 897. The van der Waals surface area contributed by atoms with Gasteiger partial charge in [0, 0.05) is 5.41 Å². The van der Waals surface area contributed by atoms with E-state index in [0.29, 0.717) is 0 Å². The van der Waals surface area contributed by atoms with Crippen molar-refractivity contribution in [2.24, 2.45) is 0 Å². The van der Waals surface area contributed by atoms with Crippen molar-refractivity contribution in [2.45, 2.75) is 44.6 Å². The van der Waals surface area contributed by atoms with Crippen LogP contribution < -0.4 is 4.74 Å². The summed E-state index contributed by atoms with van der Waals surface area (Å²) in [6, 6.07) is 13.5. The molecule has 3 rings (SSSR count). The van der Waals surface area contributed by atoms with Crippen LogP contribution in [0.5, 0.6) is 5.75 Å². The van der Waals surface area contributed by atoms with Gasteiger partial charge in [0.1, 0.15) is 11.6 Å². The second-order valence-corrected chi connectivity index (χ2v) is 7.23. The van der Waals surface area contributed by atoms with E-state index in [-0.39, 0.29) is 17.0 Å². The first-order valence-electron chi connectivity index (χ1n) is 9.84. The highest BCUT2D eigenvalue weighted by Crippen LogP contribution is 2.41. The summed E-state index contributed by atoms with van der Waals surface area (Å²) in [5.74, 6) is -0.0989. The molecular formula is C25H25F3O. The lowest BCUT2D eigenvalue weighted by molar-refractivity contribution is -0.0498. The minimum absolute atomic E-state index is 0.156. The van der Waals surface area contributed by atoms with Crippen LogP contribution in [0.15, 0.2) is 78.9 Å². The van der Waals surface area contributed by atoms with E-state index in [0.717, 1.165) is 42.4 Å². The quantitative estimate of drug-likeness (QED) is 0.331. The van der Waals surface area contributed by atoms with Gasteiger partial charge in [-0.1, -0.05) is 54.6 Å². The predicted molar refractivity (Wildman–Crippen MR) is 112 cm³/mol. The van der Waals surface area contributed by atoms with Gasteiger partial charge < -0.3 is 4.74 Å². The third-order valence-electron chi connectivity index (χ3n) is 5.31. The highest BCUT2D eigenvalue weighted by atomic mass is 19.3. The molecule has 0 fully saturated rings. The molecule has 152 valence electrons. The Labute approximate surface area is 170 Å². The standard InChI is InChI=1S/C25H25F3O/c1-2-3-4-5-15-25(21-9-11-23(12-10-21)29-24(27)28)16-13-19(14-17-25)20-7-6-8-22(26)18-20/h2-3,6-14,16,18,24H,4-5,15,17H2,1H3. The van der Waals surface area contributed by atoms with Crippen molar-refractivity contribution in [1.82, 2.24) is 0 Å². The van der Waals surface area contributed by atoms with Crippen molar-refractivity contribution in [3.05, 3.63) is 95.9 Å². The molecule has 4 heteroatoms. The molecule has 0 bridgehead atoms. The molecule has 0 heterocycles. The minimum atomic E-state index is -2.83. The molecule has 0 spiro atoms. The Morgan fingerprint density at radius 2 is 1.93 bits per heavy atom. The molecule has 2 aromatic rings. The molecule has 1 atom stereocenters. The van der Waals surface area contributed by atoms with Gasteiger partial charge in [0.05, 0.1) is 0 Å². The maximum Gasteiger partial charge on any atom is 0.387 e. The second-order valence-electron chi connectivity index (χ2n) is 7.23. The summed E-state index contributed by atoms with van der Waals surface area (Å²) in [7, 11) is 0. The Morgan fingerprint density at radius 3 is 2.55 bits per heavy atom. The molecule has 0 aliphatic heterocycles. The molecule has 0 amide bonds. The lowest BCUT2D eigenvalue weighted by Gasteiger charge is -2.33. The number of rotatable bonds is 8. The van der Waals surface area contributed by atoms with E-state index < -0.39 is 6.61 Å². The number of alkyl halides is 2. The fourth-order valence-corrected chi connectivity index (χ4v) is 3.77. The Morgan fingerprint density at radius 1 is 1.14 bits per heavy atom. The number of hydrogen-bond acceptors (Lipinski definition) is 1. The number of halogens is 3. The van der Waals surface area contributed by atoms with E-state index in [2.05, 4.69) is 23.0 Å². The molecule has 0 N–H and O–H groups in total. The fourth-order valence-electron chi connectivity index (χ4n) is 3.77. The molecule has 1 aliphatic carbocycles. The third-order valence-corrected chi connectivity index (χ3v) is 5.31. The first-order valence-corrected chi connectivity index (χ1v) is 9.84. The summed E-state index contributed by atoms with van der Waals surface area (Å²) in [4.78, 5) is 0. The second kappa shape index (κ2) is 9.64. The highest BCUT2D eigenvalue weighted by molar-refractivity contribution is 5.76. The largest absolute Gasteiger partial charge is 0.435 e. The number of benzene rings is 2. The van der Waals surface area contributed by atoms with Crippen LogP contribution in [-0.4, -0.2) is 6.61 Å². The van der Waals surface area contributed by atoms with Crippen molar-refractivity contribution in [1.29, 1.82) is 0 Å². The van der Waals surface area contributed by atoms with Crippen molar-refractivity contribution >= 4 is 5.57 Å². The van der Waals surface area contributed by atoms with Crippen molar-refractivity contribution in [2.75, 3.05) is 0 Å². The maximum atomic E-state index is 13.6. The zero-order valence-electron chi connectivity index (χ0n) is 16.5. The van der Waals surface area contributed by atoms with Crippen LogP contribution in [0.2, 0.25) is 0 Å². The molecule has 0 saturated carbocycles. The minimum Gasteiger partial charge on any atom is -0.435 e. The first kappa shape index (κ1) is 21.0. The van der Waals surface area contributed by atoms with Gasteiger partial charge in [0.2, 0.25) is 0 Å². The molecule has 0 radical (unpaired) electrons. The predicted octanol–water partition coefficient (Wildman–Crippen LogP) is 7.45. The van der Waals surface area contributed by atoms with Crippen LogP contribution in [0.25, 0.3) is 5.57 Å². The molecule has 29 heavy (non-hydrogen) atoms. The van der Waals surface area contributed by atoms with Gasteiger partial charge in [-0.25, -0.2) is 4.39 Å². The summed E-state index contributed by atoms with van der Waals surface area (Å²) in [5, 5.41) is 0. The van der Waals surface area contributed by atoms with E-state index in [4.69, 9.17) is 0 Å². The van der Waals surface area contributed by atoms with Crippen molar-refractivity contribution in [3.63, 3.8) is 0 Å². The summed E-state index contributed by atoms with van der Waals surface area (Å²) < 4.78 is 43.0. The summed E-state index contributed by atoms with van der Waals surface area (Å²) in [6.45, 7) is -0.826. The number of ether oxygens (including phenoxy) is 1. The SMILES string of the molecule is CC=CCCCC1(c2ccc(OC(F)F)cc2)C=CC(c2cccc(F)c2)=CC1. The molecule has 1 nitrogen and oxygen atoms in total. The summed E-state index contributed by atoms with van der Waals surface area (Å²) in [5.41, 5.74) is 2.68. The monoisotopic (exact) mass is 398 g/mol. The van der Waals surface area contributed by atoms with E-state index in [9.17, 15) is 13.2 Å². The average molecular weight is 398 g/mol. The topological polar surface area (TPSA) is 9.23 Å². The normalized spacial score (nSPS) is 19.0. The zero-order chi connectivity index (χ0) is 20.7. The Balaban J connectivity index is 1.84. The summed E-state index contributed by atoms with van der Waals surface area (Å²) >= 11 is 0. The van der Waals surface area contributed by atoms with E-state index in [1.807, 2.05) is 37.3 Å². The van der Waals surface area contributed by atoms with Gasteiger partial charge in [0.15, 0.2) is 0 Å². The van der Waals surface area contributed by atoms with Crippen LogP contribution in [0.3, 0.4) is 0 Å². The van der Waals surface area contributed by atoms with Gasteiger partial charge >= 0.3 is 6.61 Å². The Hall–Kier alpha value is -2.75. The molecule has 0 aromatic heterocycles. The van der Waals surface area contributed by atoms with Gasteiger partial charge in [0.25, 0.3) is 0 Å².